The highest BCUT2D eigenvalue weighted by Gasteiger charge is 2.17. The van der Waals surface area contributed by atoms with E-state index in [1.807, 2.05) is 6.20 Å². The van der Waals surface area contributed by atoms with Gasteiger partial charge in [-0.1, -0.05) is 6.42 Å². The van der Waals surface area contributed by atoms with Gasteiger partial charge in [0.1, 0.15) is 0 Å². The van der Waals surface area contributed by atoms with Crippen molar-refractivity contribution in [3.63, 3.8) is 0 Å². The molecule has 1 aliphatic rings. The lowest BCUT2D eigenvalue weighted by molar-refractivity contribution is 0.266. The highest BCUT2D eigenvalue weighted by atomic mass is 15.3. The number of nitrogens with two attached hydrogens (primary N) is 1. The molecule has 0 unspecified atom stereocenters. The van der Waals surface area contributed by atoms with Crippen molar-refractivity contribution in [2.75, 3.05) is 6.54 Å². The third-order valence-corrected chi connectivity index (χ3v) is 3.03. The molecule has 0 bridgehead atoms. The molecule has 1 aromatic rings. The van der Waals surface area contributed by atoms with Gasteiger partial charge in [0.25, 0.3) is 0 Å². The maximum absolute atomic E-state index is 5.47. The van der Waals surface area contributed by atoms with Crippen molar-refractivity contribution >= 4 is 0 Å². The van der Waals surface area contributed by atoms with Crippen LogP contribution < -0.4 is 5.73 Å². The van der Waals surface area contributed by atoms with Crippen molar-refractivity contribution < 1.29 is 0 Å². The Balaban J connectivity index is 1.82. The molecule has 1 heterocycles. The Bertz CT molecular complexity index is 276. The molecule has 0 saturated heterocycles. The van der Waals surface area contributed by atoms with Gasteiger partial charge in [-0.25, -0.2) is 0 Å². The zero-order valence-electron chi connectivity index (χ0n) is 8.65. The third kappa shape index (κ3) is 2.35. The standard InChI is InChI=1S/C11H19N3/c12-6-2-5-11-7-13-14(9-11)8-10-3-1-4-10/h7,9-10H,1-6,8,12H2. The maximum atomic E-state index is 5.47. The first-order valence-corrected chi connectivity index (χ1v) is 5.60. The third-order valence-electron chi connectivity index (χ3n) is 3.03. The van der Waals surface area contributed by atoms with E-state index in [1.165, 1.54) is 24.8 Å². The first-order valence-electron chi connectivity index (χ1n) is 5.60. The summed E-state index contributed by atoms with van der Waals surface area (Å²) >= 11 is 0. The van der Waals surface area contributed by atoms with Gasteiger partial charge in [-0.05, 0) is 43.7 Å². The molecule has 3 heteroatoms. The van der Waals surface area contributed by atoms with E-state index in [0.717, 1.165) is 31.8 Å². The first-order chi connectivity index (χ1) is 6.88. The zero-order chi connectivity index (χ0) is 9.80. The second kappa shape index (κ2) is 4.60. The Kier molecular flexibility index (Phi) is 3.19. The average molecular weight is 193 g/mol. The minimum atomic E-state index is 0.772. The predicted octanol–water partition coefficient (Wildman–Crippen LogP) is 1.57. The molecule has 1 fully saturated rings. The van der Waals surface area contributed by atoms with Crippen molar-refractivity contribution in [1.82, 2.24) is 9.78 Å². The molecule has 0 atom stereocenters. The van der Waals surface area contributed by atoms with Crippen LogP contribution in [-0.2, 0) is 13.0 Å². The Hall–Kier alpha value is -0.830. The average Bonchev–Trinajstić information content (AvgIpc) is 2.56. The Morgan fingerprint density at radius 3 is 3.00 bits per heavy atom. The van der Waals surface area contributed by atoms with Gasteiger partial charge in [0.15, 0.2) is 0 Å². The quantitative estimate of drug-likeness (QED) is 0.771. The molecule has 0 spiro atoms. The molecule has 3 nitrogen and oxygen atoms in total. The van der Waals surface area contributed by atoms with E-state index in [9.17, 15) is 0 Å². The Labute approximate surface area is 85.3 Å². The number of aryl methyl sites for hydroxylation is 1. The molecule has 0 radical (unpaired) electrons. The summed E-state index contributed by atoms with van der Waals surface area (Å²) < 4.78 is 2.09. The fourth-order valence-electron chi connectivity index (χ4n) is 1.88. The summed E-state index contributed by atoms with van der Waals surface area (Å²) in [6.45, 7) is 1.89. The van der Waals surface area contributed by atoms with E-state index in [2.05, 4.69) is 16.0 Å². The largest absolute Gasteiger partial charge is 0.330 e. The lowest BCUT2D eigenvalue weighted by Crippen LogP contribution is -2.18. The summed E-state index contributed by atoms with van der Waals surface area (Å²) in [4.78, 5) is 0. The van der Waals surface area contributed by atoms with Gasteiger partial charge in [0.2, 0.25) is 0 Å². The first kappa shape index (κ1) is 9.71. The van der Waals surface area contributed by atoms with Crippen molar-refractivity contribution in [3.8, 4) is 0 Å². The fraction of sp³-hybridized carbons (Fsp3) is 0.727. The molecule has 1 aromatic heterocycles. The van der Waals surface area contributed by atoms with Gasteiger partial charge in [0.05, 0.1) is 6.20 Å². The number of hydrogen-bond acceptors (Lipinski definition) is 2. The van der Waals surface area contributed by atoms with E-state index in [1.54, 1.807) is 0 Å². The highest BCUT2D eigenvalue weighted by molar-refractivity contribution is 5.03. The minimum Gasteiger partial charge on any atom is -0.330 e. The normalized spacial score (nSPS) is 16.9. The molecule has 78 valence electrons. The van der Waals surface area contributed by atoms with Crippen LogP contribution in [0, 0.1) is 5.92 Å². The van der Waals surface area contributed by atoms with Gasteiger partial charge in [-0.2, -0.15) is 5.10 Å². The molecule has 0 aliphatic heterocycles. The van der Waals surface area contributed by atoms with Crippen LogP contribution in [0.15, 0.2) is 12.4 Å². The highest BCUT2D eigenvalue weighted by Crippen LogP contribution is 2.27. The Morgan fingerprint density at radius 2 is 2.36 bits per heavy atom. The molecule has 2 N–H and O–H groups in total. The summed E-state index contributed by atoms with van der Waals surface area (Å²) in [7, 11) is 0. The summed E-state index contributed by atoms with van der Waals surface area (Å²) in [5, 5.41) is 4.37. The Morgan fingerprint density at radius 1 is 1.50 bits per heavy atom. The van der Waals surface area contributed by atoms with Crippen LogP contribution in [-0.4, -0.2) is 16.3 Å². The number of aromatic nitrogens is 2. The van der Waals surface area contributed by atoms with Crippen LogP contribution in [0.1, 0.15) is 31.2 Å². The monoisotopic (exact) mass is 193 g/mol. The summed E-state index contributed by atoms with van der Waals surface area (Å²) in [6.07, 6.45) is 10.5. The molecule has 0 amide bonds. The van der Waals surface area contributed by atoms with Crippen LogP contribution >= 0.6 is 0 Å². The fourth-order valence-corrected chi connectivity index (χ4v) is 1.88. The van der Waals surface area contributed by atoms with Crippen LogP contribution in [0.3, 0.4) is 0 Å². The van der Waals surface area contributed by atoms with Gasteiger partial charge >= 0.3 is 0 Å². The smallest absolute Gasteiger partial charge is 0.0521 e. The van der Waals surface area contributed by atoms with Gasteiger partial charge in [-0.3, -0.25) is 4.68 Å². The predicted molar refractivity (Wildman–Crippen MR) is 56.9 cm³/mol. The van der Waals surface area contributed by atoms with Gasteiger partial charge in [0, 0.05) is 12.7 Å². The van der Waals surface area contributed by atoms with E-state index in [4.69, 9.17) is 5.73 Å². The van der Waals surface area contributed by atoms with Crippen LogP contribution in [0.4, 0.5) is 0 Å². The number of hydrogen-bond donors (Lipinski definition) is 1. The van der Waals surface area contributed by atoms with Crippen molar-refractivity contribution in [2.24, 2.45) is 11.7 Å². The van der Waals surface area contributed by atoms with Crippen molar-refractivity contribution in [2.45, 2.75) is 38.6 Å². The SMILES string of the molecule is NCCCc1cnn(CC2CCC2)c1. The van der Waals surface area contributed by atoms with Gasteiger partial charge < -0.3 is 5.73 Å². The molecule has 0 aromatic carbocycles. The lowest BCUT2D eigenvalue weighted by Gasteiger charge is -2.24. The summed E-state index contributed by atoms with van der Waals surface area (Å²) in [5.41, 5.74) is 6.80. The van der Waals surface area contributed by atoms with E-state index in [-0.39, 0.29) is 0 Å². The minimum absolute atomic E-state index is 0.772. The molecule has 14 heavy (non-hydrogen) atoms. The topological polar surface area (TPSA) is 43.8 Å². The molecule has 1 aliphatic carbocycles. The van der Waals surface area contributed by atoms with Crippen molar-refractivity contribution in [3.05, 3.63) is 18.0 Å². The lowest BCUT2D eigenvalue weighted by atomic mass is 9.85. The molecular weight excluding hydrogens is 174 g/mol. The number of nitrogens with zero attached hydrogens (tertiary/aromatic N) is 2. The van der Waals surface area contributed by atoms with Crippen LogP contribution in [0.25, 0.3) is 0 Å². The molecule has 2 rings (SSSR count). The van der Waals surface area contributed by atoms with E-state index < -0.39 is 0 Å². The maximum Gasteiger partial charge on any atom is 0.0521 e. The van der Waals surface area contributed by atoms with E-state index >= 15 is 0 Å². The molecule has 1 saturated carbocycles. The van der Waals surface area contributed by atoms with E-state index in [0.29, 0.717) is 0 Å². The summed E-state index contributed by atoms with van der Waals surface area (Å²) in [5.74, 6) is 0.886. The van der Waals surface area contributed by atoms with Crippen LogP contribution in [0.2, 0.25) is 0 Å². The second-order valence-electron chi connectivity index (χ2n) is 4.26. The van der Waals surface area contributed by atoms with Gasteiger partial charge in [-0.15, -0.1) is 0 Å². The van der Waals surface area contributed by atoms with Crippen molar-refractivity contribution in [1.29, 1.82) is 0 Å². The van der Waals surface area contributed by atoms with Crippen LogP contribution in [0.5, 0.6) is 0 Å². The molecular formula is C11H19N3. The second-order valence-corrected chi connectivity index (χ2v) is 4.26. The number of rotatable bonds is 5. The zero-order valence-corrected chi connectivity index (χ0v) is 8.65. The summed E-state index contributed by atoms with van der Waals surface area (Å²) in [6, 6.07) is 0.